The largest absolute Gasteiger partial charge is 0.507 e. The minimum atomic E-state index is -1.95. The number of methoxy groups -OCH3 is 1. The number of amides is 1. The van der Waals surface area contributed by atoms with Gasteiger partial charge in [-0.15, -0.1) is 0 Å². The molecular weight excluding hydrogens is 1550 g/mol. The highest BCUT2D eigenvalue weighted by Crippen LogP contribution is 2.52. The maximum absolute atomic E-state index is 14.7. The van der Waals surface area contributed by atoms with Crippen molar-refractivity contribution in [2.75, 3.05) is 68.5 Å². The molecule has 1 amide bonds. The number of piperazine rings is 1. The van der Waals surface area contributed by atoms with Crippen LogP contribution >= 0.6 is 23.2 Å². The van der Waals surface area contributed by atoms with E-state index >= 15 is 0 Å². The number of nitrogens with one attached hydrogen (secondary N) is 3. The number of carboxylic acids is 1. The van der Waals surface area contributed by atoms with Crippen molar-refractivity contribution >= 4 is 102 Å². The Hall–Kier alpha value is -10.6. The first-order valence-electron chi connectivity index (χ1n) is 40.1. The number of hydrogen-bond donors (Lipinski definition) is 8. The molecule has 2 saturated heterocycles. The Bertz CT molecular complexity index is 5720. The molecule has 2 aliphatic carbocycles. The van der Waals surface area contributed by atoms with Crippen molar-refractivity contribution in [2.45, 2.75) is 157 Å². The molecule has 8 N–H and O–H groups in total. The van der Waals surface area contributed by atoms with Crippen LogP contribution in [0.25, 0.3) is 49.8 Å². The van der Waals surface area contributed by atoms with Crippen molar-refractivity contribution in [3.63, 3.8) is 0 Å². The molecule has 6 aromatic carbocycles. The van der Waals surface area contributed by atoms with Crippen LogP contribution < -0.4 is 47.1 Å². The second-order valence-corrected chi connectivity index (χ2v) is 33.3. The zero-order valence-corrected chi connectivity index (χ0v) is 70.0. The molecule has 28 heteroatoms. The lowest BCUT2D eigenvalue weighted by Crippen LogP contribution is -2.47. The fourth-order valence-electron chi connectivity index (χ4n) is 16.4. The predicted octanol–water partition coefficient (Wildman–Crippen LogP) is 13.8. The number of halogens is 3. The quantitative estimate of drug-likeness (QED) is 0.0339. The lowest BCUT2D eigenvalue weighted by molar-refractivity contribution is -0.160. The van der Waals surface area contributed by atoms with Crippen LogP contribution in [0.1, 0.15) is 134 Å². The van der Waals surface area contributed by atoms with Gasteiger partial charge in [0.05, 0.1) is 85.9 Å². The standard InChI is InChI=1S/C46H62N4O11.C27H22Cl2N4.C17H18FN3O3/c1-22(2)21-50-18-16-46(17-19-50)48-34-31-32-39(54)28(8)42-33(31)43(56)45(10,61-42)59-20-15-30(58-11)25(5)41(60-29(9)51)27(7)38(53)26(6)37(52)23(3)13-12-14-24(4)44(57)47-36(40(32)55)35(34)49-46;1-17(2)30-24-16-27-25(15-23(24)31-20-11-7-18(28)8-12-20)32-22-5-3-4-6-26(22)33(27)21-13-9-19(29)10-14-21;18-13-7-11-14(8-15(13)20-5-3-19-4-6-20)21(10-1-2-10)9-12(16(11)22)17(23)24/h12-15,20,22-23,25-27,30,37-38,41,48,52-55H,16-19,21H2,1-11H3;3-17,31H,1-2H3;7-10,19H,1-6H2,(H,23,24)/b13-12+,20-15+,24-14-,47-36?;;/t23-,25+,26+,27+,30-,37-,38+,41+,45-;;/m0../s1. The number of fused-ring (bicyclic) bond motifs is 4. The number of ether oxygens (including phenoxy) is 4. The summed E-state index contributed by atoms with van der Waals surface area (Å²) in [6, 6.07) is 31.0. The highest BCUT2D eigenvalue weighted by atomic mass is 35.5. The summed E-state index contributed by atoms with van der Waals surface area (Å²) in [4.78, 5) is 88.5. The van der Waals surface area contributed by atoms with Crippen LogP contribution in [-0.2, 0) is 23.8 Å². The molecule has 0 unspecified atom stereocenters. The Labute approximate surface area is 693 Å². The third kappa shape index (κ3) is 17.6. The number of hydrogen-bond acceptors (Lipinski definition) is 21. The van der Waals surface area contributed by atoms with Gasteiger partial charge in [-0.3, -0.25) is 29.2 Å². The number of para-hydroxylation sites is 2. The number of aromatic nitrogens is 3. The zero-order chi connectivity index (χ0) is 84.7. The molecule has 4 bridgehead atoms. The third-order valence-electron chi connectivity index (χ3n) is 22.9. The van der Waals surface area contributed by atoms with Gasteiger partial charge in [0.2, 0.25) is 5.43 Å². The number of carboxylic acid groups (broad SMARTS) is 1. The monoisotopic (exact) mass is 1650 g/mol. The van der Waals surface area contributed by atoms with Crippen LogP contribution in [-0.4, -0.2) is 163 Å². The first kappa shape index (κ1) is 85.3. The number of aromatic hydroxyl groups is 2. The van der Waals surface area contributed by atoms with E-state index in [0.29, 0.717) is 58.8 Å². The zero-order valence-electron chi connectivity index (χ0n) is 68.5. The molecule has 6 aliphatic heterocycles. The summed E-state index contributed by atoms with van der Waals surface area (Å²) in [5.41, 5.74) is 6.64. The van der Waals surface area contributed by atoms with Crippen LogP contribution in [0.5, 0.6) is 17.2 Å². The Morgan fingerprint density at radius 3 is 2.14 bits per heavy atom. The molecule has 1 saturated carbocycles. The van der Waals surface area contributed by atoms with E-state index in [9.17, 15) is 53.9 Å². The van der Waals surface area contributed by atoms with Gasteiger partial charge in [-0.25, -0.2) is 19.2 Å². The van der Waals surface area contributed by atoms with E-state index in [1.54, 1.807) is 71.9 Å². The minimum Gasteiger partial charge on any atom is -0.507 e. The number of carbonyl (C=O) groups is 4. The van der Waals surface area contributed by atoms with Crippen LogP contribution in [0.2, 0.25) is 10.0 Å². The van der Waals surface area contributed by atoms with E-state index in [4.69, 9.17) is 57.1 Å². The Morgan fingerprint density at radius 1 is 0.822 bits per heavy atom. The number of anilines is 4. The molecule has 15 rings (SSSR count). The van der Waals surface area contributed by atoms with Crippen LogP contribution in [0.3, 0.4) is 0 Å². The number of aliphatic hydroxyl groups excluding tert-OH is 2. The second kappa shape index (κ2) is 35.2. The van der Waals surface area contributed by atoms with Gasteiger partial charge in [0.1, 0.15) is 45.4 Å². The summed E-state index contributed by atoms with van der Waals surface area (Å²) in [6.07, 6.45) is 8.36. The topological polar surface area (TPSA) is 326 Å². The minimum absolute atomic E-state index is 0.0538. The maximum Gasteiger partial charge on any atom is 0.341 e. The molecule has 622 valence electrons. The smallest absolute Gasteiger partial charge is 0.341 e. The highest BCUT2D eigenvalue weighted by molar-refractivity contribution is 6.31. The van der Waals surface area contributed by atoms with Gasteiger partial charge in [0, 0.05) is 165 Å². The van der Waals surface area contributed by atoms with Crippen molar-refractivity contribution in [1.82, 2.24) is 24.3 Å². The number of nitrogens with zero attached hydrogens (tertiary/aromatic N) is 8. The van der Waals surface area contributed by atoms with E-state index in [1.807, 2.05) is 76.2 Å². The molecule has 0 radical (unpaired) electrons. The summed E-state index contributed by atoms with van der Waals surface area (Å²) >= 11 is 12.2. The van der Waals surface area contributed by atoms with E-state index in [0.717, 1.165) is 90.4 Å². The number of pyridine rings is 1. The number of phenolic OH excluding ortho intramolecular Hbond substituents is 2. The van der Waals surface area contributed by atoms with Gasteiger partial charge in [-0.1, -0.05) is 95.1 Å². The SMILES string of the molecule is CC(C)N=c1cc2n(-c3ccc(Cl)cc3)c3ccccc3nc-2cc1Nc1ccc(Cl)cc1.CO[C@H]1/C=C/O[C@@]2(C)Oc3c(C)c(O)c4c(O)c(c5c(c4c3C2=O)NC2(CCN(CC(C)C)CC2)N=5)=NC(=O)/C(C)=C\C=C\[C@H](C)[C@H](O)[C@@H](C)[C@@H](O)[C@@H](C)[C@H](OC(C)=O)[C@@H]1C.O=C(O)c1cn(C2CC2)c2cc(N3CCNCC3)c(F)cc2c1=O. The van der Waals surface area contributed by atoms with E-state index in [-0.39, 0.29) is 72.7 Å². The molecule has 1 aromatic heterocycles. The van der Waals surface area contributed by atoms with Crippen LogP contribution in [0, 0.1) is 42.3 Å². The lowest BCUT2D eigenvalue weighted by atomic mass is 9.78. The molecule has 9 atom stereocenters. The first-order chi connectivity index (χ1) is 56.2. The Morgan fingerprint density at radius 2 is 1.50 bits per heavy atom. The van der Waals surface area contributed by atoms with Gasteiger partial charge in [0.25, 0.3) is 11.7 Å². The third-order valence-corrected chi connectivity index (χ3v) is 23.5. The summed E-state index contributed by atoms with van der Waals surface area (Å²) in [7, 11) is 1.47. The number of esters is 1. The number of aromatic carboxylic acids is 1. The lowest BCUT2D eigenvalue weighted by Gasteiger charge is -2.38. The number of piperidine rings is 1. The van der Waals surface area contributed by atoms with Crippen LogP contribution in [0.15, 0.2) is 159 Å². The summed E-state index contributed by atoms with van der Waals surface area (Å²) in [5.74, 6) is -8.32. The van der Waals surface area contributed by atoms with Gasteiger partial charge < -0.3 is 79.4 Å². The normalized spacial score (nSPS) is 23.9. The number of benzene rings is 7. The molecule has 25 nitrogen and oxygen atoms in total. The van der Waals surface area contributed by atoms with Gasteiger partial charge in [-0.05, 0) is 137 Å². The predicted molar refractivity (Wildman–Crippen MR) is 454 cm³/mol. The summed E-state index contributed by atoms with van der Waals surface area (Å²) < 4.78 is 42.6. The number of Topliss-reactive ketones (excluding diaryl/α,β-unsaturated/α-hetero) is 1. The fraction of sp³-hybridized carbons (Fsp3) is 0.411. The van der Waals surface area contributed by atoms with Crippen molar-refractivity contribution in [2.24, 2.45) is 44.6 Å². The van der Waals surface area contributed by atoms with Crippen LogP contribution in [0.4, 0.5) is 27.1 Å². The summed E-state index contributed by atoms with van der Waals surface area (Å²) in [6.45, 7) is 26.7. The average molecular weight is 1650 g/mol. The first-order valence-corrected chi connectivity index (χ1v) is 40.9. The molecule has 118 heavy (non-hydrogen) atoms. The number of rotatable bonds is 11. The second-order valence-electron chi connectivity index (χ2n) is 32.5. The fourth-order valence-corrected chi connectivity index (χ4v) is 16.7. The molecule has 1 spiro atoms. The van der Waals surface area contributed by atoms with Gasteiger partial charge in [0.15, 0.2) is 5.75 Å². The van der Waals surface area contributed by atoms with E-state index < -0.39 is 100 Å². The van der Waals surface area contributed by atoms with Crippen molar-refractivity contribution in [3.05, 3.63) is 198 Å². The van der Waals surface area contributed by atoms with Crippen molar-refractivity contribution in [1.29, 1.82) is 0 Å². The van der Waals surface area contributed by atoms with Gasteiger partial charge in [-0.2, -0.15) is 0 Å². The van der Waals surface area contributed by atoms with Crippen molar-refractivity contribution < 1.29 is 68.0 Å². The molecule has 7 heterocycles. The number of likely N-dealkylation sites (tertiary alicyclic amines) is 1. The molecule has 7 aromatic rings. The van der Waals surface area contributed by atoms with E-state index in [1.165, 1.54) is 39.5 Å². The molecular formula is C90H102Cl2FN11O14. The highest BCUT2D eigenvalue weighted by Gasteiger charge is 2.51. The number of aliphatic hydroxyl groups is 2. The Balaban J connectivity index is 0.000000175. The molecule has 3 fully saturated rings. The van der Waals surface area contributed by atoms with Gasteiger partial charge >= 0.3 is 17.7 Å². The maximum atomic E-state index is 14.7. The number of phenols is 2. The molecule has 8 aliphatic rings. The van der Waals surface area contributed by atoms with Crippen molar-refractivity contribution in [3.8, 4) is 34.3 Å². The summed E-state index contributed by atoms with van der Waals surface area (Å²) in [5, 5.41) is 68.9. The number of allylic oxidation sites excluding steroid dienone is 2. The van der Waals surface area contributed by atoms with E-state index in [2.05, 4.69) is 76.3 Å². The average Bonchev–Trinajstić information content (AvgIpc) is 1.53. The Kier molecular flexibility index (Phi) is 25.4. The number of ketones is 1. The number of carbonyl (C=O) groups excluding carboxylic acids is 3.